The topological polar surface area (TPSA) is 51.0 Å². The zero-order valence-electron chi connectivity index (χ0n) is 12.3. The van der Waals surface area contributed by atoms with Crippen molar-refractivity contribution in [3.8, 4) is 0 Å². The molecule has 108 valence electrons. The molecule has 5 heteroatoms. The lowest BCUT2D eigenvalue weighted by Gasteiger charge is -2.12. The quantitative estimate of drug-likeness (QED) is 0.616. The number of anilines is 1. The van der Waals surface area contributed by atoms with E-state index < -0.39 is 0 Å². The predicted octanol–water partition coefficient (Wildman–Crippen LogP) is 4.05. The molecule has 0 unspecified atom stereocenters. The van der Waals surface area contributed by atoms with Gasteiger partial charge in [0.1, 0.15) is 22.4 Å². The normalized spacial score (nSPS) is 10.8. The molecule has 1 N–H and O–H groups in total. The zero-order valence-corrected chi connectivity index (χ0v) is 13.1. The van der Waals surface area contributed by atoms with Gasteiger partial charge < -0.3 is 9.73 Å². The average Bonchev–Trinajstić information content (AvgIpc) is 2.94. The maximum absolute atomic E-state index is 5.37. The van der Waals surface area contributed by atoms with Gasteiger partial charge in [0.15, 0.2) is 0 Å². The zero-order chi connectivity index (χ0) is 14.4. The summed E-state index contributed by atoms with van der Waals surface area (Å²) in [6, 6.07) is 3.90. The Hall–Kier alpha value is -1.49. The van der Waals surface area contributed by atoms with Crippen molar-refractivity contribution >= 4 is 17.6 Å². The number of aryl methyl sites for hydroxylation is 1. The van der Waals surface area contributed by atoms with E-state index in [0.717, 1.165) is 53.1 Å². The largest absolute Gasteiger partial charge is 0.468 e. The molecule has 2 aromatic rings. The summed E-state index contributed by atoms with van der Waals surface area (Å²) in [5.74, 6) is 3.63. The van der Waals surface area contributed by atoms with Gasteiger partial charge in [-0.15, -0.1) is 0 Å². The van der Waals surface area contributed by atoms with Crippen molar-refractivity contribution in [2.45, 2.75) is 44.4 Å². The van der Waals surface area contributed by atoms with Crippen molar-refractivity contribution < 1.29 is 4.42 Å². The number of furan rings is 1. The van der Waals surface area contributed by atoms with E-state index in [0.29, 0.717) is 0 Å². The van der Waals surface area contributed by atoms with Gasteiger partial charge in [-0.05, 0) is 32.4 Å². The minimum absolute atomic E-state index is 0.794. The van der Waals surface area contributed by atoms with Crippen molar-refractivity contribution in [3.05, 3.63) is 35.5 Å². The van der Waals surface area contributed by atoms with Crippen molar-refractivity contribution in [1.29, 1.82) is 0 Å². The predicted molar refractivity (Wildman–Crippen MR) is 83.2 cm³/mol. The van der Waals surface area contributed by atoms with Crippen LogP contribution in [0.3, 0.4) is 0 Å². The van der Waals surface area contributed by atoms with Crippen LogP contribution in [0.25, 0.3) is 0 Å². The van der Waals surface area contributed by atoms with Crippen LogP contribution in [0.15, 0.2) is 27.8 Å². The summed E-state index contributed by atoms with van der Waals surface area (Å²) in [6.07, 6.45) is 3.67. The third kappa shape index (κ3) is 3.76. The van der Waals surface area contributed by atoms with Crippen LogP contribution in [0.4, 0.5) is 5.82 Å². The maximum atomic E-state index is 5.37. The first kappa shape index (κ1) is 14.9. The summed E-state index contributed by atoms with van der Waals surface area (Å²) >= 11 is 1.70. The molecule has 0 fully saturated rings. The molecule has 0 atom stereocenters. The van der Waals surface area contributed by atoms with Crippen LogP contribution in [0.2, 0.25) is 0 Å². The summed E-state index contributed by atoms with van der Waals surface area (Å²) < 4.78 is 5.37. The number of hydrogen-bond acceptors (Lipinski definition) is 5. The molecule has 0 aliphatic rings. The maximum Gasteiger partial charge on any atom is 0.133 e. The fourth-order valence-electron chi connectivity index (χ4n) is 1.89. The molecule has 0 spiro atoms. The van der Waals surface area contributed by atoms with Crippen LogP contribution in [-0.2, 0) is 12.2 Å². The van der Waals surface area contributed by atoms with E-state index >= 15 is 0 Å². The molecule has 0 saturated carbocycles. The first-order valence-electron chi connectivity index (χ1n) is 7.01. The van der Waals surface area contributed by atoms with Gasteiger partial charge in [0.25, 0.3) is 0 Å². The molecule has 0 amide bonds. The van der Waals surface area contributed by atoms with Crippen LogP contribution in [0, 0.1) is 6.92 Å². The molecule has 0 saturated heterocycles. The number of hydrogen-bond donors (Lipinski definition) is 1. The molecule has 0 aliphatic heterocycles. The molecule has 0 aliphatic carbocycles. The Morgan fingerprint density at radius 1 is 1.30 bits per heavy atom. The minimum Gasteiger partial charge on any atom is -0.468 e. The fourth-order valence-corrected chi connectivity index (χ4v) is 2.82. The highest BCUT2D eigenvalue weighted by Crippen LogP contribution is 2.28. The van der Waals surface area contributed by atoms with Crippen LogP contribution < -0.4 is 5.32 Å². The van der Waals surface area contributed by atoms with Crippen molar-refractivity contribution in [1.82, 2.24) is 9.97 Å². The molecular formula is C15H21N3OS. The first-order valence-corrected chi connectivity index (χ1v) is 7.99. The molecule has 2 heterocycles. The number of nitrogens with zero attached hydrogens (tertiary/aromatic N) is 2. The first-order chi connectivity index (χ1) is 9.74. The Balaban J connectivity index is 2.20. The monoisotopic (exact) mass is 291 g/mol. The lowest BCUT2D eigenvalue weighted by molar-refractivity contribution is 0.530. The van der Waals surface area contributed by atoms with E-state index in [1.54, 1.807) is 18.0 Å². The van der Waals surface area contributed by atoms with Gasteiger partial charge in [-0.3, -0.25) is 0 Å². The van der Waals surface area contributed by atoms with E-state index in [-0.39, 0.29) is 0 Å². The highest BCUT2D eigenvalue weighted by Gasteiger charge is 2.11. The second-order valence-electron chi connectivity index (χ2n) is 4.57. The summed E-state index contributed by atoms with van der Waals surface area (Å²) in [4.78, 5) is 9.27. The number of nitrogens with one attached hydrogen (secondary N) is 1. The van der Waals surface area contributed by atoms with Crippen molar-refractivity contribution in [2.75, 3.05) is 11.9 Å². The standard InChI is InChI=1S/C15H21N3OS/c1-4-7-13-17-14(16-5-2)11(3)15(18-13)20-10-12-8-6-9-19-12/h6,8-9H,4-5,7,10H2,1-3H3,(H,16,17,18). The molecule has 2 rings (SSSR count). The molecule has 0 aromatic carbocycles. The summed E-state index contributed by atoms with van der Waals surface area (Å²) in [6.45, 7) is 7.16. The van der Waals surface area contributed by atoms with Gasteiger partial charge in [-0.25, -0.2) is 9.97 Å². The molecule has 4 nitrogen and oxygen atoms in total. The smallest absolute Gasteiger partial charge is 0.133 e. The Bertz CT molecular complexity index is 540. The van der Waals surface area contributed by atoms with Gasteiger partial charge in [0.2, 0.25) is 0 Å². The van der Waals surface area contributed by atoms with Gasteiger partial charge in [-0.1, -0.05) is 18.7 Å². The van der Waals surface area contributed by atoms with E-state index in [2.05, 4.69) is 36.1 Å². The van der Waals surface area contributed by atoms with E-state index in [1.165, 1.54) is 0 Å². The van der Waals surface area contributed by atoms with Gasteiger partial charge in [0.05, 0.1) is 12.0 Å². The van der Waals surface area contributed by atoms with Crippen LogP contribution in [-0.4, -0.2) is 16.5 Å². The Kier molecular flexibility index (Phi) is 5.47. The molecule has 0 radical (unpaired) electrons. The van der Waals surface area contributed by atoms with E-state index in [9.17, 15) is 0 Å². The van der Waals surface area contributed by atoms with Crippen LogP contribution >= 0.6 is 11.8 Å². The average molecular weight is 291 g/mol. The lowest BCUT2D eigenvalue weighted by Crippen LogP contribution is -2.07. The van der Waals surface area contributed by atoms with Gasteiger partial charge >= 0.3 is 0 Å². The minimum atomic E-state index is 0.794. The van der Waals surface area contributed by atoms with Crippen molar-refractivity contribution in [2.24, 2.45) is 0 Å². The number of aromatic nitrogens is 2. The summed E-state index contributed by atoms with van der Waals surface area (Å²) in [5.41, 5.74) is 1.11. The van der Waals surface area contributed by atoms with Crippen molar-refractivity contribution in [3.63, 3.8) is 0 Å². The lowest BCUT2D eigenvalue weighted by atomic mass is 10.3. The van der Waals surface area contributed by atoms with E-state index in [1.807, 2.05) is 12.1 Å². The van der Waals surface area contributed by atoms with Gasteiger partial charge in [-0.2, -0.15) is 0 Å². The number of thioether (sulfide) groups is 1. The highest BCUT2D eigenvalue weighted by atomic mass is 32.2. The Morgan fingerprint density at radius 3 is 2.80 bits per heavy atom. The molecule has 2 aromatic heterocycles. The Labute approximate surface area is 124 Å². The van der Waals surface area contributed by atoms with Crippen LogP contribution in [0.5, 0.6) is 0 Å². The molecule has 20 heavy (non-hydrogen) atoms. The second-order valence-corrected chi connectivity index (χ2v) is 5.53. The molecule has 0 bridgehead atoms. The molecular weight excluding hydrogens is 270 g/mol. The SMILES string of the molecule is CCCc1nc(NCC)c(C)c(SCc2ccco2)n1. The number of rotatable bonds is 7. The fraction of sp³-hybridized carbons (Fsp3) is 0.467. The summed E-state index contributed by atoms with van der Waals surface area (Å²) in [5, 5.41) is 4.36. The third-order valence-corrected chi connectivity index (χ3v) is 4.00. The van der Waals surface area contributed by atoms with Crippen LogP contribution in [0.1, 0.15) is 37.4 Å². The van der Waals surface area contributed by atoms with Gasteiger partial charge in [0, 0.05) is 18.5 Å². The third-order valence-electron chi connectivity index (χ3n) is 2.90. The summed E-state index contributed by atoms with van der Waals surface area (Å²) in [7, 11) is 0. The van der Waals surface area contributed by atoms with E-state index in [4.69, 9.17) is 4.42 Å². The Morgan fingerprint density at radius 2 is 2.15 bits per heavy atom. The second kappa shape index (κ2) is 7.33. The highest BCUT2D eigenvalue weighted by molar-refractivity contribution is 7.98.